The van der Waals surface area contributed by atoms with Gasteiger partial charge in [0.15, 0.2) is 0 Å². The minimum absolute atomic E-state index is 0.0491. The standard InChI is InChI=1S/C9H10ClN5O2S/c1-4(2)16-7-11-6(10)12-8(13-7)18-9-15-14-5(3)17-9/h4H,1-3H3. The van der Waals surface area contributed by atoms with Gasteiger partial charge in [0.25, 0.3) is 5.22 Å². The Morgan fingerprint density at radius 2 is 2.00 bits per heavy atom. The summed E-state index contributed by atoms with van der Waals surface area (Å²) in [6.45, 7) is 5.43. The summed E-state index contributed by atoms with van der Waals surface area (Å²) in [6, 6.07) is 0.170. The van der Waals surface area contributed by atoms with E-state index in [1.165, 1.54) is 0 Å². The molecule has 0 atom stereocenters. The third-order valence-electron chi connectivity index (χ3n) is 1.59. The van der Waals surface area contributed by atoms with Crippen LogP contribution in [0.1, 0.15) is 19.7 Å². The van der Waals surface area contributed by atoms with E-state index in [1.807, 2.05) is 13.8 Å². The fourth-order valence-electron chi connectivity index (χ4n) is 1.02. The van der Waals surface area contributed by atoms with Gasteiger partial charge in [0.1, 0.15) is 0 Å². The molecule has 0 N–H and O–H groups in total. The first-order chi connectivity index (χ1) is 8.52. The Kier molecular flexibility index (Phi) is 3.97. The van der Waals surface area contributed by atoms with Crippen LogP contribution in [0.15, 0.2) is 14.8 Å². The molecular formula is C9H10ClN5O2S. The fourth-order valence-corrected chi connectivity index (χ4v) is 1.88. The van der Waals surface area contributed by atoms with Crippen molar-refractivity contribution in [1.29, 1.82) is 0 Å². The molecule has 18 heavy (non-hydrogen) atoms. The van der Waals surface area contributed by atoms with E-state index in [2.05, 4.69) is 25.1 Å². The third-order valence-corrected chi connectivity index (χ3v) is 2.47. The normalized spacial score (nSPS) is 10.9. The van der Waals surface area contributed by atoms with Crippen molar-refractivity contribution in [3.05, 3.63) is 11.2 Å². The smallest absolute Gasteiger partial charge is 0.322 e. The first kappa shape index (κ1) is 13.0. The number of halogens is 1. The van der Waals surface area contributed by atoms with E-state index >= 15 is 0 Å². The highest BCUT2D eigenvalue weighted by Crippen LogP contribution is 2.25. The first-order valence-electron chi connectivity index (χ1n) is 5.09. The summed E-state index contributed by atoms with van der Waals surface area (Å²) in [4.78, 5) is 11.9. The van der Waals surface area contributed by atoms with Gasteiger partial charge in [0.2, 0.25) is 16.3 Å². The Bertz CT molecular complexity index is 548. The molecule has 9 heteroatoms. The van der Waals surface area contributed by atoms with Gasteiger partial charge in [-0.05, 0) is 25.4 Å². The second-order valence-corrected chi connectivity index (χ2v) is 4.78. The molecule has 2 aromatic rings. The van der Waals surface area contributed by atoms with Crippen molar-refractivity contribution in [2.45, 2.75) is 37.3 Å². The van der Waals surface area contributed by atoms with E-state index in [4.69, 9.17) is 20.8 Å². The topological polar surface area (TPSA) is 86.8 Å². The zero-order valence-corrected chi connectivity index (χ0v) is 11.5. The Hall–Kier alpha value is -1.41. The predicted molar refractivity (Wildman–Crippen MR) is 63.8 cm³/mol. The van der Waals surface area contributed by atoms with Gasteiger partial charge in [0.05, 0.1) is 6.10 Å². The molecule has 0 unspecified atom stereocenters. The summed E-state index contributed by atoms with van der Waals surface area (Å²) in [5.74, 6) is 0.469. The molecule has 0 aliphatic rings. The second kappa shape index (κ2) is 5.49. The Balaban J connectivity index is 2.19. The van der Waals surface area contributed by atoms with Crippen LogP contribution in [0.4, 0.5) is 0 Å². The highest BCUT2D eigenvalue weighted by molar-refractivity contribution is 7.98. The lowest BCUT2D eigenvalue weighted by Crippen LogP contribution is -2.09. The third kappa shape index (κ3) is 3.54. The molecule has 7 nitrogen and oxygen atoms in total. The van der Waals surface area contributed by atoms with Gasteiger partial charge in [-0.3, -0.25) is 0 Å². The maximum absolute atomic E-state index is 5.78. The SMILES string of the molecule is Cc1nnc(Sc2nc(Cl)nc(OC(C)C)n2)o1. The number of aromatic nitrogens is 5. The van der Waals surface area contributed by atoms with E-state index in [9.17, 15) is 0 Å². The average Bonchev–Trinajstić information content (AvgIpc) is 2.61. The fraction of sp³-hybridized carbons (Fsp3) is 0.444. The molecule has 0 aliphatic heterocycles. The van der Waals surface area contributed by atoms with Crippen molar-refractivity contribution < 1.29 is 9.15 Å². The summed E-state index contributed by atoms with van der Waals surface area (Å²) in [5, 5.41) is 8.26. The highest BCUT2D eigenvalue weighted by atomic mass is 35.5. The zero-order chi connectivity index (χ0) is 13.1. The van der Waals surface area contributed by atoms with Crippen LogP contribution in [0, 0.1) is 6.92 Å². The molecule has 0 aliphatic carbocycles. The van der Waals surface area contributed by atoms with Crippen LogP contribution in [0.3, 0.4) is 0 Å². The van der Waals surface area contributed by atoms with Crippen LogP contribution in [-0.2, 0) is 0 Å². The zero-order valence-electron chi connectivity index (χ0n) is 9.92. The van der Waals surface area contributed by atoms with Gasteiger partial charge >= 0.3 is 6.01 Å². The monoisotopic (exact) mass is 287 g/mol. The molecular weight excluding hydrogens is 278 g/mol. The van der Waals surface area contributed by atoms with E-state index in [0.29, 0.717) is 16.3 Å². The summed E-state index contributed by atoms with van der Waals surface area (Å²) >= 11 is 6.88. The van der Waals surface area contributed by atoms with E-state index in [-0.39, 0.29) is 17.4 Å². The number of rotatable bonds is 4. The second-order valence-electron chi connectivity index (χ2n) is 3.53. The maximum Gasteiger partial charge on any atom is 0.322 e. The average molecular weight is 288 g/mol. The van der Waals surface area contributed by atoms with E-state index in [1.54, 1.807) is 6.92 Å². The molecule has 96 valence electrons. The quantitative estimate of drug-likeness (QED) is 0.845. The Morgan fingerprint density at radius 1 is 1.22 bits per heavy atom. The lowest BCUT2D eigenvalue weighted by molar-refractivity contribution is 0.219. The predicted octanol–water partition coefficient (Wildman–Crippen LogP) is 2.15. The Labute approximate surface area is 112 Å². The molecule has 2 heterocycles. The van der Waals surface area contributed by atoms with Crippen LogP contribution in [0.5, 0.6) is 6.01 Å². The minimum Gasteiger partial charge on any atom is -0.461 e. The lowest BCUT2D eigenvalue weighted by Gasteiger charge is -2.07. The minimum atomic E-state index is -0.0491. The summed E-state index contributed by atoms with van der Waals surface area (Å²) in [6.07, 6.45) is -0.0491. The van der Waals surface area contributed by atoms with Crippen molar-refractivity contribution in [3.8, 4) is 6.01 Å². The van der Waals surface area contributed by atoms with Gasteiger partial charge in [-0.2, -0.15) is 15.0 Å². The molecule has 0 spiro atoms. The van der Waals surface area contributed by atoms with Crippen molar-refractivity contribution in [3.63, 3.8) is 0 Å². The van der Waals surface area contributed by atoms with Gasteiger partial charge < -0.3 is 9.15 Å². The molecule has 0 fully saturated rings. The summed E-state index contributed by atoms with van der Waals surface area (Å²) < 4.78 is 10.6. The van der Waals surface area contributed by atoms with Crippen LogP contribution in [0.2, 0.25) is 5.28 Å². The van der Waals surface area contributed by atoms with Crippen molar-refractivity contribution >= 4 is 23.4 Å². The van der Waals surface area contributed by atoms with Gasteiger partial charge in [-0.15, -0.1) is 10.2 Å². The molecule has 0 aromatic carbocycles. The molecule has 0 radical (unpaired) electrons. The highest BCUT2D eigenvalue weighted by Gasteiger charge is 2.12. The molecule has 2 rings (SSSR count). The molecule has 2 aromatic heterocycles. The van der Waals surface area contributed by atoms with Crippen molar-refractivity contribution in [2.24, 2.45) is 0 Å². The van der Waals surface area contributed by atoms with E-state index < -0.39 is 0 Å². The molecule has 0 amide bonds. The number of aryl methyl sites for hydroxylation is 1. The van der Waals surface area contributed by atoms with Gasteiger partial charge in [-0.1, -0.05) is 0 Å². The molecule has 0 saturated carbocycles. The first-order valence-corrected chi connectivity index (χ1v) is 6.28. The van der Waals surface area contributed by atoms with Crippen LogP contribution < -0.4 is 4.74 Å². The molecule has 0 bridgehead atoms. The number of ether oxygens (including phenoxy) is 1. The lowest BCUT2D eigenvalue weighted by atomic mass is 10.5. The van der Waals surface area contributed by atoms with E-state index in [0.717, 1.165) is 11.8 Å². The number of hydrogen-bond donors (Lipinski definition) is 0. The van der Waals surface area contributed by atoms with Crippen LogP contribution in [0.25, 0.3) is 0 Å². The largest absolute Gasteiger partial charge is 0.461 e. The number of hydrogen-bond acceptors (Lipinski definition) is 8. The van der Waals surface area contributed by atoms with Crippen molar-refractivity contribution in [2.75, 3.05) is 0 Å². The van der Waals surface area contributed by atoms with Gasteiger partial charge in [-0.25, -0.2) is 0 Å². The maximum atomic E-state index is 5.78. The van der Waals surface area contributed by atoms with Crippen LogP contribution in [-0.4, -0.2) is 31.3 Å². The summed E-state index contributed by atoms with van der Waals surface area (Å²) in [5.41, 5.74) is 0. The Morgan fingerprint density at radius 3 is 2.61 bits per heavy atom. The van der Waals surface area contributed by atoms with Crippen molar-refractivity contribution in [1.82, 2.24) is 25.1 Å². The van der Waals surface area contributed by atoms with Crippen LogP contribution >= 0.6 is 23.4 Å². The van der Waals surface area contributed by atoms with Gasteiger partial charge in [0, 0.05) is 18.7 Å². The summed E-state index contributed by atoms with van der Waals surface area (Å²) in [7, 11) is 0. The number of nitrogens with zero attached hydrogens (tertiary/aromatic N) is 5. The molecule has 0 saturated heterocycles.